The fraction of sp³-hybridized carbons (Fsp3) is 0.364. The van der Waals surface area contributed by atoms with E-state index in [4.69, 9.17) is 15.2 Å². The summed E-state index contributed by atoms with van der Waals surface area (Å²) in [5, 5.41) is 4.57. The van der Waals surface area contributed by atoms with Crippen LogP contribution in [0.1, 0.15) is 18.4 Å². The predicted octanol–water partition coefficient (Wildman–Crippen LogP) is 3.62. The number of aromatic nitrogens is 2. The number of nitrogens with one attached hydrogen (secondary N) is 1. The highest BCUT2D eigenvalue weighted by Crippen LogP contribution is 2.35. The number of benzene rings is 2. The average Bonchev–Trinajstić information content (AvgIpc) is 2.74. The second-order valence-corrected chi connectivity index (χ2v) is 7.42. The van der Waals surface area contributed by atoms with Crippen molar-refractivity contribution in [2.45, 2.75) is 25.8 Å². The van der Waals surface area contributed by atoms with Crippen molar-refractivity contribution < 1.29 is 9.47 Å². The van der Waals surface area contributed by atoms with Crippen molar-refractivity contribution in [2.24, 2.45) is 0 Å². The van der Waals surface area contributed by atoms with Crippen LogP contribution in [0.4, 0.5) is 17.2 Å². The second-order valence-electron chi connectivity index (χ2n) is 7.42. The Morgan fingerprint density at radius 1 is 1.03 bits per heavy atom. The summed E-state index contributed by atoms with van der Waals surface area (Å²) in [6, 6.07) is 10.4. The van der Waals surface area contributed by atoms with Gasteiger partial charge in [-0.2, -0.15) is 0 Å². The topological polar surface area (TPSA) is 85.5 Å². The van der Waals surface area contributed by atoms with E-state index in [1.165, 1.54) is 5.56 Å². The number of nitrogens with zero attached hydrogens (tertiary/aromatic N) is 3. The molecule has 0 unspecified atom stereocenters. The maximum absolute atomic E-state index is 6.16. The number of hydrogen-bond acceptors (Lipinski definition) is 7. The maximum atomic E-state index is 6.16. The summed E-state index contributed by atoms with van der Waals surface area (Å²) in [4.78, 5) is 11.3. The lowest BCUT2D eigenvalue weighted by Gasteiger charge is -2.34. The molecule has 1 aliphatic rings. The van der Waals surface area contributed by atoms with Crippen LogP contribution < -0.4 is 25.4 Å². The fourth-order valence-electron chi connectivity index (χ4n) is 3.89. The van der Waals surface area contributed by atoms with Gasteiger partial charge in [-0.05, 0) is 43.5 Å². The molecule has 0 amide bonds. The van der Waals surface area contributed by atoms with Gasteiger partial charge >= 0.3 is 0 Å². The SMILES string of the molecule is COc1cc2ncnc(N3CCC(Nc4ccc(C)cc4N)CC3)c2cc1OC. The third kappa shape index (κ3) is 3.85. The molecule has 3 N–H and O–H groups in total. The Morgan fingerprint density at radius 2 is 1.76 bits per heavy atom. The molecule has 0 radical (unpaired) electrons. The van der Waals surface area contributed by atoms with E-state index in [1.54, 1.807) is 20.5 Å². The van der Waals surface area contributed by atoms with Gasteiger partial charge in [-0.25, -0.2) is 9.97 Å². The van der Waals surface area contributed by atoms with E-state index in [-0.39, 0.29) is 0 Å². The van der Waals surface area contributed by atoms with Gasteiger partial charge in [-0.1, -0.05) is 6.07 Å². The highest BCUT2D eigenvalue weighted by atomic mass is 16.5. The molecule has 0 aliphatic carbocycles. The van der Waals surface area contributed by atoms with E-state index in [0.29, 0.717) is 17.5 Å². The zero-order chi connectivity index (χ0) is 20.4. The molecule has 29 heavy (non-hydrogen) atoms. The van der Waals surface area contributed by atoms with Crippen molar-refractivity contribution in [3.63, 3.8) is 0 Å². The molecule has 4 rings (SSSR count). The van der Waals surface area contributed by atoms with E-state index < -0.39 is 0 Å². The van der Waals surface area contributed by atoms with Crippen LogP contribution in [0.25, 0.3) is 10.9 Å². The van der Waals surface area contributed by atoms with Crippen molar-refractivity contribution >= 4 is 28.1 Å². The first-order valence-corrected chi connectivity index (χ1v) is 9.83. The molecule has 3 aromatic rings. The van der Waals surface area contributed by atoms with Gasteiger partial charge in [0.25, 0.3) is 0 Å². The van der Waals surface area contributed by atoms with Crippen molar-refractivity contribution in [1.29, 1.82) is 0 Å². The molecule has 2 aromatic carbocycles. The summed E-state index contributed by atoms with van der Waals surface area (Å²) in [7, 11) is 3.27. The minimum Gasteiger partial charge on any atom is -0.493 e. The Balaban J connectivity index is 1.51. The molecular weight excluding hydrogens is 366 g/mol. The van der Waals surface area contributed by atoms with Crippen LogP contribution in [-0.4, -0.2) is 43.3 Å². The first-order valence-electron chi connectivity index (χ1n) is 9.83. The lowest BCUT2D eigenvalue weighted by atomic mass is 10.0. The van der Waals surface area contributed by atoms with Crippen LogP contribution >= 0.6 is 0 Å². The van der Waals surface area contributed by atoms with Crippen molar-refractivity contribution in [3.05, 3.63) is 42.2 Å². The molecule has 7 nitrogen and oxygen atoms in total. The molecule has 1 aromatic heterocycles. The lowest BCUT2D eigenvalue weighted by Crippen LogP contribution is -2.39. The number of piperidine rings is 1. The summed E-state index contributed by atoms with van der Waals surface area (Å²) in [6.45, 7) is 3.86. The summed E-state index contributed by atoms with van der Waals surface area (Å²) in [5.74, 6) is 2.29. The fourth-order valence-corrected chi connectivity index (χ4v) is 3.89. The summed E-state index contributed by atoms with van der Waals surface area (Å²) < 4.78 is 10.9. The predicted molar refractivity (Wildman–Crippen MR) is 117 cm³/mol. The van der Waals surface area contributed by atoms with Crippen LogP contribution in [0.2, 0.25) is 0 Å². The third-order valence-electron chi connectivity index (χ3n) is 5.48. The van der Waals surface area contributed by atoms with Gasteiger partial charge in [0.15, 0.2) is 11.5 Å². The number of ether oxygens (including phenoxy) is 2. The highest BCUT2D eigenvalue weighted by Gasteiger charge is 2.23. The molecule has 1 aliphatic heterocycles. The third-order valence-corrected chi connectivity index (χ3v) is 5.48. The van der Waals surface area contributed by atoms with Crippen LogP contribution in [0.15, 0.2) is 36.7 Å². The second kappa shape index (κ2) is 8.03. The zero-order valence-electron chi connectivity index (χ0n) is 17.1. The van der Waals surface area contributed by atoms with Gasteiger partial charge < -0.3 is 25.4 Å². The molecule has 1 saturated heterocycles. The Hall–Kier alpha value is -3.22. The van der Waals surface area contributed by atoms with E-state index in [9.17, 15) is 0 Å². The molecule has 2 heterocycles. The quantitative estimate of drug-likeness (QED) is 0.640. The molecule has 0 spiro atoms. The number of nitrogens with two attached hydrogens (primary N) is 1. The Bertz CT molecular complexity index is 1020. The number of rotatable bonds is 5. The normalized spacial score (nSPS) is 14.8. The molecule has 1 fully saturated rings. The lowest BCUT2D eigenvalue weighted by molar-refractivity contribution is 0.355. The van der Waals surface area contributed by atoms with Crippen molar-refractivity contribution in [3.8, 4) is 11.5 Å². The molecular formula is C22H27N5O2. The van der Waals surface area contributed by atoms with E-state index in [0.717, 1.165) is 54.0 Å². The van der Waals surface area contributed by atoms with E-state index in [1.807, 2.05) is 18.2 Å². The standard InChI is InChI=1S/C22H27N5O2/c1-14-4-5-18(17(23)10-14)26-15-6-8-27(9-7-15)22-16-11-20(28-2)21(29-3)12-19(16)24-13-25-22/h4-5,10-13,15,26H,6-9,23H2,1-3H3. The molecule has 0 saturated carbocycles. The Kier molecular flexibility index (Phi) is 5.29. The minimum absolute atomic E-state index is 0.388. The van der Waals surface area contributed by atoms with Gasteiger partial charge in [-0.3, -0.25) is 0 Å². The van der Waals surface area contributed by atoms with E-state index >= 15 is 0 Å². The first kappa shape index (κ1) is 19.1. The Morgan fingerprint density at radius 3 is 2.45 bits per heavy atom. The molecule has 0 atom stereocenters. The Labute approximate surface area is 170 Å². The smallest absolute Gasteiger partial charge is 0.162 e. The summed E-state index contributed by atoms with van der Waals surface area (Å²) in [6.07, 6.45) is 3.62. The molecule has 0 bridgehead atoms. The van der Waals surface area contributed by atoms with Gasteiger partial charge in [0.1, 0.15) is 12.1 Å². The average molecular weight is 393 g/mol. The molecule has 7 heteroatoms. The van der Waals surface area contributed by atoms with Gasteiger partial charge in [0.05, 0.1) is 31.1 Å². The van der Waals surface area contributed by atoms with Gasteiger partial charge in [0, 0.05) is 30.6 Å². The molecule has 152 valence electrons. The number of methoxy groups -OCH3 is 2. The van der Waals surface area contributed by atoms with Crippen molar-refractivity contribution in [1.82, 2.24) is 9.97 Å². The van der Waals surface area contributed by atoms with Gasteiger partial charge in [0.2, 0.25) is 0 Å². The monoisotopic (exact) mass is 393 g/mol. The zero-order valence-corrected chi connectivity index (χ0v) is 17.1. The maximum Gasteiger partial charge on any atom is 0.162 e. The number of fused-ring (bicyclic) bond motifs is 1. The number of nitrogen functional groups attached to an aromatic ring is 1. The highest BCUT2D eigenvalue weighted by molar-refractivity contribution is 5.92. The number of anilines is 3. The van der Waals surface area contributed by atoms with Gasteiger partial charge in [-0.15, -0.1) is 0 Å². The van der Waals surface area contributed by atoms with Crippen LogP contribution in [-0.2, 0) is 0 Å². The van der Waals surface area contributed by atoms with Crippen LogP contribution in [0.3, 0.4) is 0 Å². The van der Waals surface area contributed by atoms with Crippen LogP contribution in [0.5, 0.6) is 11.5 Å². The number of aryl methyl sites for hydroxylation is 1. The largest absolute Gasteiger partial charge is 0.493 e. The summed E-state index contributed by atoms with van der Waals surface area (Å²) >= 11 is 0. The van der Waals surface area contributed by atoms with Crippen molar-refractivity contribution in [2.75, 3.05) is 43.3 Å². The summed E-state index contributed by atoms with van der Waals surface area (Å²) in [5.41, 5.74) is 9.99. The minimum atomic E-state index is 0.388. The first-order chi connectivity index (χ1) is 14.1. The number of hydrogen-bond donors (Lipinski definition) is 2. The van der Waals surface area contributed by atoms with E-state index in [2.05, 4.69) is 39.2 Å². The van der Waals surface area contributed by atoms with Crippen LogP contribution in [0, 0.1) is 6.92 Å².